The first kappa shape index (κ1) is 13.3. The standard InChI is InChI=1S/C12H24N2O2S/c1-11(2,3)13-7-5-12(6-8-13)9-14(10-12)17(4,15)16/h5-10H2,1-4H3. The summed E-state index contributed by atoms with van der Waals surface area (Å²) in [7, 11) is -2.96. The normalized spacial score (nSPS) is 27.1. The van der Waals surface area contributed by atoms with E-state index >= 15 is 0 Å². The molecule has 5 heteroatoms. The first-order valence-corrected chi connectivity index (χ1v) is 8.18. The van der Waals surface area contributed by atoms with Crippen LogP contribution >= 0.6 is 0 Å². The molecule has 0 aromatic carbocycles. The second kappa shape index (κ2) is 3.93. The van der Waals surface area contributed by atoms with E-state index in [2.05, 4.69) is 25.7 Å². The van der Waals surface area contributed by atoms with Crippen molar-refractivity contribution in [2.75, 3.05) is 32.4 Å². The summed E-state index contributed by atoms with van der Waals surface area (Å²) < 4.78 is 24.4. The molecule has 0 aromatic rings. The molecule has 2 rings (SSSR count). The Morgan fingerprint density at radius 1 is 1.06 bits per heavy atom. The lowest BCUT2D eigenvalue weighted by Gasteiger charge is -2.54. The van der Waals surface area contributed by atoms with Gasteiger partial charge in [-0.05, 0) is 46.7 Å². The molecule has 2 aliphatic heterocycles. The van der Waals surface area contributed by atoms with Crippen molar-refractivity contribution in [3.8, 4) is 0 Å². The summed E-state index contributed by atoms with van der Waals surface area (Å²) in [5.74, 6) is 0. The van der Waals surface area contributed by atoms with Crippen molar-refractivity contribution in [3.05, 3.63) is 0 Å². The molecule has 0 radical (unpaired) electrons. The molecular formula is C12H24N2O2S. The number of piperidine rings is 1. The zero-order valence-corrected chi connectivity index (χ0v) is 12.2. The van der Waals surface area contributed by atoms with Gasteiger partial charge in [0.15, 0.2) is 0 Å². The number of hydrogen-bond donors (Lipinski definition) is 0. The molecule has 0 aliphatic carbocycles. The minimum atomic E-state index is -2.96. The Hall–Kier alpha value is -0.130. The van der Waals surface area contributed by atoms with Gasteiger partial charge in [-0.1, -0.05) is 0 Å². The summed E-state index contributed by atoms with van der Waals surface area (Å²) in [6.45, 7) is 10.4. The van der Waals surface area contributed by atoms with Gasteiger partial charge in [-0.3, -0.25) is 4.90 Å². The van der Waals surface area contributed by atoms with Gasteiger partial charge >= 0.3 is 0 Å². The van der Waals surface area contributed by atoms with E-state index in [1.54, 1.807) is 4.31 Å². The largest absolute Gasteiger partial charge is 0.298 e. The number of nitrogens with zero attached hydrogens (tertiary/aromatic N) is 2. The van der Waals surface area contributed by atoms with Crippen molar-refractivity contribution in [1.29, 1.82) is 0 Å². The van der Waals surface area contributed by atoms with Crippen LogP contribution in [0.2, 0.25) is 0 Å². The third-order valence-electron chi connectivity index (χ3n) is 4.27. The summed E-state index contributed by atoms with van der Waals surface area (Å²) in [5, 5.41) is 0. The monoisotopic (exact) mass is 260 g/mol. The maximum Gasteiger partial charge on any atom is 0.211 e. The molecule has 0 N–H and O–H groups in total. The topological polar surface area (TPSA) is 40.6 Å². The van der Waals surface area contributed by atoms with Gasteiger partial charge in [0, 0.05) is 24.0 Å². The van der Waals surface area contributed by atoms with E-state index in [4.69, 9.17) is 0 Å². The average Bonchev–Trinajstić information content (AvgIpc) is 2.11. The molecule has 0 aromatic heterocycles. The van der Waals surface area contributed by atoms with E-state index < -0.39 is 10.0 Å². The first-order chi connectivity index (χ1) is 7.62. The van der Waals surface area contributed by atoms with Crippen molar-refractivity contribution in [2.45, 2.75) is 39.2 Å². The van der Waals surface area contributed by atoms with Crippen LogP contribution in [0.25, 0.3) is 0 Å². The van der Waals surface area contributed by atoms with Gasteiger partial charge in [-0.15, -0.1) is 0 Å². The Labute approximate surface area is 105 Å². The molecular weight excluding hydrogens is 236 g/mol. The van der Waals surface area contributed by atoms with Crippen molar-refractivity contribution in [1.82, 2.24) is 9.21 Å². The van der Waals surface area contributed by atoms with Crippen LogP contribution in [0.15, 0.2) is 0 Å². The SMILES string of the molecule is CC(C)(C)N1CCC2(CC1)CN(S(C)(=O)=O)C2. The molecule has 2 fully saturated rings. The van der Waals surface area contributed by atoms with E-state index in [9.17, 15) is 8.42 Å². The molecule has 17 heavy (non-hydrogen) atoms. The molecule has 0 unspecified atom stereocenters. The Morgan fingerprint density at radius 3 is 1.88 bits per heavy atom. The molecule has 0 saturated carbocycles. The lowest BCUT2D eigenvalue weighted by molar-refractivity contribution is -0.0241. The Morgan fingerprint density at radius 2 is 1.53 bits per heavy atom. The third-order valence-corrected chi connectivity index (χ3v) is 5.46. The fourth-order valence-corrected chi connectivity index (χ4v) is 3.92. The second-order valence-electron chi connectivity index (χ2n) is 6.69. The van der Waals surface area contributed by atoms with Gasteiger partial charge in [-0.25, -0.2) is 12.7 Å². The summed E-state index contributed by atoms with van der Waals surface area (Å²) in [6.07, 6.45) is 3.58. The van der Waals surface area contributed by atoms with E-state index in [0.717, 1.165) is 39.0 Å². The van der Waals surface area contributed by atoms with Gasteiger partial charge in [0.1, 0.15) is 0 Å². The smallest absolute Gasteiger partial charge is 0.211 e. The van der Waals surface area contributed by atoms with Crippen LogP contribution < -0.4 is 0 Å². The summed E-state index contributed by atoms with van der Waals surface area (Å²) >= 11 is 0. The van der Waals surface area contributed by atoms with Crippen LogP contribution in [0.3, 0.4) is 0 Å². The van der Waals surface area contributed by atoms with E-state index in [0.29, 0.717) is 0 Å². The average molecular weight is 260 g/mol. The highest BCUT2D eigenvalue weighted by molar-refractivity contribution is 7.88. The highest BCUT2D eigenvalue weighted by Crippen LogP contribution is 2.42. The first-order valence-electron chi connectivity index (χ1n) is 6.33. The summed E-state index contributed by atoms with van der Waals surface area (Å²) in [6, 6.07) is 0. The minimum absolute atomic E-state index is 0.238. The Balaban J connectivity index is 1.90. The van der Waals surface area contributed by atoms with Crippen LogP contribution in [0.4, 0.5) is 0 Å². The van der Waals surface area contributed by atoms with Crippen LogP contribution in [0.5, 0.6) is 0 Å². The van der Waals surface area contributed by atoms with Gasteiger partial charge in [0.25, 0.3) is 0 Å². The molecule has 100 valence electrons. The molecule has 0 bridgehead atoms. The number of hydrogen-bond acceptors (Lipinski definition) is 3. The predicted octanol–water partition coefficient (Wildman–Crippen LogP) is 1.14. The lowest BCUT2D eigenvalue weighted by Crippen LogP contribution is -2.62. The number of sulfonamides is 1. The van der Waals surface area contributed by atoms with Crippen LogP contribution in [-0.4, -0.2) is 55.6 Å². The summed E-state index contributed by atoms with van der Waals surface area (Å²) in [4.78, 5) is 2.50. The predicted molar refractivity (Wildman–Crippen MR) is 69.4 cm³/mol. The highest BCUT2D eigenvalue weighted by Gasteiger charge is 2.48. The summed E-state index contributed by atoms with van der Waals surface area (Å²) in [5.41, 5.74) is 0.521. The van der Waals surface area contributed by atoms with E-state index in [-0.39, 0.29) is 11.0 Å². The second-order valence-corrected chi connectivity index (χ2v) is 8.67. The van der Waals surface area contributed by atoms with E-state index in [1.807, 2.05) is 0 Å². The van der Waals surface area contributed by atoms with Crippen molar-refractivity contribution in [3.63, 3.8) is 0 Å². The number of likely N-dealkylation sites (tertiary alicyclic amines) is 1. The zero-order chi connectivity index (χ0) is 12.9. The third kappa shape index (κ3) is 2.66. The van der Waals surface area contributed by atoms with Gasteiger partial charge in [0.05, 0.1) is 6.26 Å². The Bertz CT molecular complexity index is 381. The molecule has 2 heterocycles. The fraction of sp³-hybridized carbons (Fsp3) is 1.00. The zero-order valence-electron chi connectivity index (χ0n) is 11.4. The molecule has 4 nitrogen and oxygen atoms in total. The quantitative estimate of drug-likeness (QED) is 0.710. The van der Waals surface area contributed by atoms with Crippen LogP contribution in [0.1, 0.15) is 33.6 Å². The molecule has 0 atom stereocenters. The maximum absolute atomic E-state index is 11.4. The molecule has 0 amide bonds. The van der Waals surface area contributed by atoms with Gasteiger partial charge in [-0.2, -0.15) is 0 Å². The number of rotatable bonds is 1. The maximum atomic E-state index is 11.4. The fourth-order valence-electron chi connectivity index (χ4n) is 2.90. The minimum Gasteiger partial charge on any atom is -0.298 e. The van der Waals surface area contributed by atoms with Gasteiger partial charge in [0.2, 0.25) is 10.0 Å². The molecule has 2 aliphatic rings. The van der Waals surface area contributed by atoms with E-state index in [1.165, 1.54) is 6.26 Å². The Kier molecular flexibility index (Phi) is 3.08. The highest BCUT2D eigenvalue weighted by atomic mass is 32.2. The van der Waals surface area contributed by atoms with Crippen molar-refractivity contribution >= 4 is 10.0 Å². The molecule has 2 saturated heterocycles. The van der Waals surface area contributed by atoms with Crippen molar-refractivity contribution in [2.24, 2.45) is 5.41 Å². The van der Waals surface area contributed by atoms with Gasteiger partial charge < -0.3 is 0 Å². The van der Waals surface area contributed by atoms with Crippen LogP contribution in [-0.2, 0) is 10.0 Å². The lowest BCUT2D eigenvalue weighted by atomic mass is 9.73. The van der Waals surface area contributed by atoms with Crippen LogP contribution in [0, 0.1) is 5.41 Å². The molecule has 1 spiro atoms. The van der Waals surface area contributed by atoms with Crippen molar-refractivity contribution < 1.29 is 8.42 Å².